The summed E-state index contributed by atoms with van der Waals surface area (Å²) in [6, 6.07) is 9.23. The molecule has 0 saturated heterocycles. The largest absolute Gasteiger partial charge is 0.486 e. The summed E-state index contributed by atoms with van der Waals surface area (Å²) in [5, 5.41) is 0. The van der Waals surface area contributed by atoms with Crippen LogP contribution in [0.5, 0.6) is 11.6 Å². The molecule has 17 heavy (non-hydrogen) atoms. The van der Waals surface area contributed by atoms with Crippen LogP contribution in [-0.4, -0.2) is 17.1 Å². The van der Waals surface area contributed by atoms with E-state index in [1.807, 2.05) is 24.3 Å². The van der Waals surface area contributed by atoms with E-state index >= 15 is 0 Å². The fourth-order valence-corrected chi connectivity index (χ4v) is 1.49. The average Bonchev–Trinajstić information content (AvgIpc) is 2.38. The molecule has 4 nitrogen and oxygen atoms in total. The molecule has 0 bridgehead atoms. The van der Waals surface area contributed by atoms with Crippen molar-refractivity contribution >= 4 is 15.9 Å². The van der Waals surface area contributed by atoms with E-state index in [1.165, 1.54) is 0 Å². The van der Waals surface area contributed by atoms with Crippen LogP contribution in [0.1, 0.15) is 5.69 Å². The molecule has 0 spiro atoms. The second-order valence-electron chi connectivity index (χ2n) is 3.28. The number of nitrogens with zero attached hydrogens (tertiary/aromatic N) is 2. The van der Waals surface area contributed by atoms with Crippen molar-refractivity contribution in [3.8, 4) is 11.6 Å². The number of pyridine rings is 2. The Morgan fingerprint density at radius 3 is 2.82 bits per heavy atom. The average molecular weight is 295 g/mol. The van der Waals surface area contributed by atoms with E-state index < -0.39 is 0 Å². The van der Waals surface area contributed by atoms with Crippen molar-refractivity contribution in [2.24, 2.45) is 0 Å². The van der Waals surface area contributed by atoms with E-state index in [4.69, 9.17) is 9.47 Å². The quantitative estimate of drug-likeness (QED) is 0.814. The molecular formula is C12H11BrN2O2. The van der Waals surface area contributed by atoms with Gasteiger partial charge < -0.3 is 9.47 Å². The van der Waals surface area contributed by atoms with E-state index in [9.17, 15) is 0 Å². The molecule has 0 aliphatic heterocycles. The highest BCUT2D eigenvalue weighted by molar-refractivity contribution is 9.10. The summed E-state index contributed by atoms with van der Waals surface area (Å²) in [7, 11) is 1.59. The van der Waals surface area contributed by atoms with Crippen LogP contribution < -0.4 is 9.47 Å². The molecule has 2 rings (SSSR count). The highest BCUT2D eigenvalue weighted by Crippen LogP contribution is 2.14. The van der Waals surface area contributed by atoms with Crippen molar-refractivity contribution in [3.05, 3.63) is 46.8 Å². The third kappa shape index (κ3) is 3.42. The summed E-state index contributed by atoms with van der Waals surface area (Å²) in [6.07, 6.45) is 1.66. The zero-order valence-electron chi connectivity index (χ0n) is 9.26. The number of hydrogen-bond acceptors (Lipinski definition) is 4. The van der Waals surface area contributed by atoms with Crippen LogP contribution in [0.3, 0.4) is 0 Å². The van der Waals surface area contributed by atoms with Crippen molar-refractivity contribution in [1.29, 1.82) is 0 Å². The van der Waals surface area contributed by atoms with Gasteiger partial charge >= 0.3 is 0 Å². The molecule has 88 valence electrons. The molecule has 0 aromatic carbocycles. The first-order valence-corrected chi connectivity index (χ1v) is 5.81. The third-order valence-corrected chi connectivity index (χ3v) is 2.55. The lowest BCUT2D eigenvalue weighted by atomic mass is 10.3. The summed E-state index contributed by atoms with van der Waals surface area (Å²) < 4.78 is 11.4. The summed E-state index contributed by atoms with van der Waals surface area (Å²) in [5.74, 6) is 1.29. The highest BCUT2D eigenvalue weighted by Gasteiger charge is 1.99. The van der Waals surface area contributed by atoms with Crippen LogP contribution in [0, 0.1) is 0 Å². The minimum absolute atomic E-state index is 0.389. The highest BCUT2D eigenvalue weighted by atomic mass is 79.9. The molecule has 0 atom stereocenters. The Kier molecular flexibility index (Phi) is 3.93. The molecule has 0 saturated carbocycles. The molecular weight excluding hydrogens is 284 g/mol. The SMILES string of the molecule is COc1cccc(COc2ccc(Br)nc2)n1. The second-order valence-corrected chi connectivity index (χ2v) is 4.09. The molecule has 0 fully saturated rings. The van der Waals surface area contributed by atoms with Gasteiger partial charge in [-0.05, 0) is 34.1 Å². The van der Waals surface area contributed by atoms with Gasteiger partial charge in [-0.2, -0.15) is 0 Å². The molecule has 0 aliphatic rings. The third-order valence-electron chi connectivity index (χ3n) is 2.08. The Hall–Kier alpha value is -1.62. The minimum Gasteiger partial charge on any atom is -0.486 e. The normalized spacial score (nSPS) is 10.0. The molecule has 0 N–H and O–H groups in total. The lowest BCUT2D eigenvalue weighted by Gasteiger charge is -2.06. The Labute approximate surface area is 108 Å². The number of aromatic nitrogens is 2. The lowest BCUT2D eigenvalue weighted by molar-refractivity contribution is 0.297. The second kappa shape index (κ2) is 5.63. The molecule has 0 unspecified atom stereocenters. The van der Waals surface area contributed by atoms with Gasteiger partial charge in [0.1, 0.15) is 17.0 Å². The smallest absolute Gasteiger partial charge is 0.213 e. The van der Waals surface area contributed by atoms with Crippen LogP contribution in [0.4, 0.5) is 0 Å². The lowest BCUT2D eigenvalue weighted by Crippen LogP contribution is -1.99. The maximum atomic E-state index is 5.55. The van der Waals surface area contributed by atoms with Gasteiger partial charge in [0.25, 0.3) is 0 Å². The molecule has 0 aliphatic carbocycles. The van der Waals surface area contributed by atoms with Crippen LogP contribution >= 0.6 is 15.9 Å². The van der Waals surface area contributed by atoms with E-state index in [0.29, 0.717) is 18.2 Å². The molecule has 2 aromatic rings. The maximum absolute atomic E-state index is 5.55. The first-order valence-electron chi connectivity index (χ1n) is 5.02. The van der Waals surface area contributed by atoms with E-state index in [1.54, 1.807) is 19.4 Å². The predicted octanol–water partition coefficient (Wildman–Crippen LogP) is 2.83. The Morgan fingerprint density at radius 1 is 1.24 bits per heavy atom. The Bertz CT molecular complexity index is 488. The van der Waals surface area contributed by atoms with Crippen LogP contribution in [-0.2, 0) is 6.61 Å². The summed E-state index contributed by atoms with van der Waals surface area (Å²) in [5.41, 5.74) is 0.812. The standard InChI is InChI=1S/C12H11BrN2O2/c1-16-12-4-2-3-9(15-12)8-17-10-5-6-11(13)14-7-10/h2-7H,8H2,1H3. The maximum Gasteiger partial charge on any atom is 0.213 e. The Balaban J connectivity index is 1.99. The van der Waals surface area contributed by atoms with Gasteiger partial charge in [-0.3, -0.25) is 0 Å². The number of hydrogen-bond donors (Lipinski definition) is 0. The van der Waals surface area contributed by atoms with Gasteiger partial charge in [0, 0.05) is 6.07 Å². The van der Waals surface area contributed by atoms with Gasteiger partial charge in [0.15, 0.2) is 0 Å². The van der Waals surface area contributed by atoms with Crippen molar-refractivity contribution in [2.75, 3.05) is 7.11 Å². The van der Waals surface area contributed by atoms with Crippen LogP contribution in [0.15, 0.2) is 41.1 Å². The summed E-state index contributed by atoms with van der Waals surface area (Å²) in [4.78, 5) is 8.32. The first kappa shape index (κ1) is 11.9. The Morgan fingerprint density at radius 2 is 2.12 bits per heavy atom. The molecule has 2 aromatic heterocycles. The van der Waals surface area contributed by atoms with Crippen molar-refractivity contribution in [3.63, 3.8) is 0 Å². The van der Waals surface area contributed by atoms with E-state index in [2.05, 4.69) is 25.9 Å². The number of halogens is 1. The van der Waals surface area contributed by atoms with E-state index in [-0.39, 0.29) is 0 Å². The first-order chi connectivity index (χ1) is 8.28. The van der Waals surface area contributed by atoms with Crippen molar-refractivity contribution in [1.82, 2.24) is 9.97 Å². The summed E-state index contributed by atoms with van der Waals surface area (Å²) in [6.45, 7) is 0.389. The van der Waals surface area contributed by atoms with Gasteiger partial charge in [0.05, 0.1) is 19.0 Å². The number of ether oxygens (including phenoxy) is 2. The minimum atomic E-state index is 0.389. The van der Waals surface area contributed by atoms with E-state index in [0.717, 1.165) is 10.3 Å². The van der Waals surface area contributed by atoms with Crippen LogP contribution in [0.25, 0.3) is 0 Å². The van der Waals surface area contributed by atoms with Gasteiger partial charge in [-0.15, -0.1) is 0 Å². The fraction of sp³-hybridized carbons (Fsp3) is 0.167. The zero-order valence-corrected chi connectivity index (χ0v) is 10.8. The molecule has 0 amide bonds. The van der Waals surface area contributed by atoms with Gasteiger partial charge in [-0.1, -0.05) is 6.07 Å². The predicted molar refractivity (Wildman–Crippen MR) is 67.1 cm³/mol. The number of rotatable bonds is 4. The molecule has 5 heteroatoms. The van der Waals surface area contributed by atoms with Crippen molar-refractivity contribution in [2.45, 2.75) is 6.61 Å². The van der Waals surface area contributed by atoms with Gasteiger partial charge in [-0.25, -0.2) is 9.97 Å². The molecule has 0 radical (unpaired) electrons. The summed E-state index contributed by atoms with van der Waals surface area (Å²) >= 11 is 3.26. The van der Waals surface area contributed by atoms with Crippen LogP contribution in [0.2, 0.25) is 0 Å². The van der Waals surface area contributed by atoms with Crippen molar-refractivity contribution < 1.29 is 9.47 Å². The molecule has 2 heterocycles. The monoisotopic (exact) mass is 294 g/mol. The van der Waals surface area contributed by atoms with Gasteiger partial charge in [0.2, 0.25) is 5.88 Å². The zero-order chi connectivity index (χ0) is 12.1. The topological polar surface area (TPSA) is 44.2 Å². The fourth-order valence-electron chi connectivity index (χ4n) is 1.26. The number of methoxy groups -OCH3 is 1.